The van der Waals surface area contributed by atoms with Crippen LogP contribution in [-0.2, 0) is 4.79 Å². The molecule has 0 radical (unpaired) electrons. The number of carboxylic acid groups (broad SMARTS) is 1. The molecule has 0 spiro atoms. The number of likely N-dealkylation sites (N-methyl/N-ethyl adjacent to an activating group) is 1. The van der Waals surface area contributed by atoms with Gasteiger partial charge in [0.05, 0.1) is 7.11 Å². The molecule has 1 N–H and O–H groups in total. The van der Waals surface area contributed by atoms with Gasteiger partial charge in [0.15, 0.2) is 0 Å². The van der Waals surface area contributed by atoms with E-state index in [-0.39, 0.29) is 6.04 Å². The molecule has 0 amide bonds. The van der Waals surface area contributed by atoms with Gasteiger partial charge in [-0.05, 0) is 33.4 Å². The smallest absolute Gasteiger partial charge is 0.325 e. The molecule has 1 rings (SSSR count). The Morgan fingerprint density at radius 2 is 2.05 bits per heavy atom. The van der Waals surface area contributed by atoms with Crippen molar-refractivity contribution in [3.05, 3.63) is 29.3 Å². The van der Waals surface area contributed by atoms with E-state index < -0.39 is 12.0 Å². The highest BCUT2D eigenvalue weighted by molar-refractivity contribution is 5.77. The van der Waals surface area contributed by atoms with Gasteiger partial charge in [-0.15, -0.1) is 0 Å². The summed E-state index contributed by atoms with van der Waals surface area (Å²) in [6, 6.07) is 5.11. The van der Waals surface area contributed by atoms with Crippen molar-refractivity contribution in [3.8, 4) is 5.75 Å². The SMILES string of the molecule is CCN(C(C)C)[C@H](C(=O)O)c1cc(C)ccc1OC. The molecule has 1 aromatic rings. The molecule has 0 heterocycles. The van der Waals surface area contributed by atoms with Crippen molar-refractivity contribution in [2.45, 2.75) is 39.8 Å². The Morgan fingerprint density at radius 1 is 1.42 bits per heavy atom. The molecule has 0 saturated heterocycles. The van der Waals surface area contributed by atoms with Crippen LogP contribution in [0.5, 0.6) is 5.75 Å². The van der Waals surface area contributed by atoms with Gasteiger partial charge in [0, 0.05) is 11.6 Å². The maximum atomic E-state index is 11.7. The number of aliphatic carboxylic acids is 1. The minimum atomic E-state index is -0.848. The van der Waals surface area contributed by atoms with Crippen LogP contribution >= 0.6 is 0 Å². The predicted octanol–water partition coefficient (Wildman–Crippen LogP) is 2.86. The maximum Gasteiger partial charge on any atom is 0.325 e. The van der Waals surface area contributed by atoms with Crippen LogP contribution in [0.15, 0.2) is 18.2 Å². The summed E-state index contributed by atoms with van der Waals surface area (Å²) in [5.41, 5.74) is 1.74. The Balaban J connectivity index is 3.33. The zero-order valence-electron chi connectivity index (χ0n) is 12.3. The highest BCUT2D eigenvalue weighted by Gasteiger charge is 2.30. The number of benzene rings is 1. The third-order valence-corrected chi connectivity index (χ3v) is 3.27. The van der Waals surface area contributed by atoms with Gasteiger partial charge < -0.3 is 9.84 Å². The number of hydrogen-bond donors (Lipinski definition) is 1. The summed E-state index contributed by atoms with van der Waals surface area (Å²) >= 11 is 0. The highest BCUT2D eigenvalue weighted by Crippen LogP contribution is 2.31. The first-order valence-electron chi connectivity index (χ1n) is 6.55. The summed E-state index contributed by atoms with van der Waals surface area (Å²) in [6.07, 6.45) is 0. The molecule has 0 aliphatic carbocycles. The second-order valence-electron chi connectivity index (χ2n) is 4.91. The van der Waals surface area contributed by atoms with Crippen molar-refractivity contribution < 1.29 is 14.6 Å². The summed E-state index contributed by atoms with van der Waals surface area (Å²) in [5, 5.41) is 9.59. The number of ether oxygens (including phenoxy) is 1. The number of methoxy groups -OCH3 is 1. The van der Waals surface area contributed by atoms with Crippen molar-refractivity contribution in [1.29, 1.82) is 0 Å². The van der Waals surface area contributed by atoms with Crippen molar-refractivity contribution in [2.24, 2.45) is 0 Å². The standard InChI is InChI=1S/C15H23NO3/c1-6-16(10(2)3)14(15(17)18)12-9-11(4)7-8-13(12)19-5/h7-10,14H,6H2,1-5H3,(H,17,18)/t14-/m0/s1. The van der Waals surface area contributed by atoms with Crippen molar-refractivity contribution >= 4 is 5.97 Å². The van der Waals surface area contributed by atoms with Crippen LogP contribution in [0, 0.1) is 6.92 Å². The molecule has 4 nitrogen and oxygen atoms in total. The molecule has 0 aliphatic heterocycles. The summed E-state index contributed by atoms with van der Waals surface area (Å²) in [6.45, 7) is 8.60. The zero-order valence-corrected chi connectivity index (χ0v) is 12.3. The molecule has 1 atom stereocenters. The number of nitrogens with zero attached hydrogens (tertiary/aromatic N) is 1. The predicted molar refractivity (Wildman–Crippen MR) is 75.6 cm³/mol. The fraction of sp³-hybridized carbons (Fsp3) is 0.533. The van der Waals surface area contributed by atoms with Crippen molar-refractivity contribution in [3.63, 3.8) is 0 Å². The number of aryl methyl sites for hydroxylation is 1. The van der Waals surface area contributed by atoms with Crippen LogP contribution in [-0.4, -0.2) is 35.7 Å². The highest BCUT2D eigenvalue weighted by atomic mass is 16.5. The number of carboxylic acids is 1. The lowest BCUT2D eigenvalue weighted by molar-refractivity contribution is -0.144. The first kappa shape index (κ1) is 15.5. The molecule has 0 unspecified atom stereocenters. The summed E-state index contributed by atoms with van der Waals surface area (Å²) in [7, 11) is 1.57. The summed E-state index contributed by atoms with van der Waals surface area (Å²) in [5.74, 6) is -0.225. The van der Waals surface area contributed by atoms with Gasteiger partial charge in [0.25, 0.3) is 0 Å². The van der Waals surface area contributed by atoms with Gasteiger partial charge in [-0.3, -0.25) is 9.69 Å². The monoisotopic (exact) mass is 265 g/mol. The molecule has 0 bridgehead atoms. The van der Waals surface area contributed by atoms with E-state index in [0.29, 0.717) is 17.9 Å². The van der Waals surface area contributed by atoms with Crippen molar-refractivity contribution in [1.82, 2.24) is 4.90 Å². The molecule has 0 fully saturated rings. The molecular weight excluding hydrogens is 242 g/mol. The van der Waals surface area contributed by atoms with Crippen LogP contribution in [0.1, 0.15) is 37.9 Å². The van der Waals surface area contributed by atoms with Crippen LogP contribution in [0.25, 0.3) is 0 Å². The summed E-state index contributed by atoms with van der Waals surface area (Å²) in [4.78, 5) is 13.6. The lowest BCUT2D eigenvalue weighted by atomic mass is 10.0. The van der Waals surface area contributed by atoms with E-state index in [1.807, 2.05) is 50.8 Å². The second-order valence-corrected chi connectivity index (χ2v) is 4.91. The van der Waals surface area contributed by atoms with E-state index in [1.54, 1.807) is 7.11 Å². The topological polar surface area (TPSA) is 49.8 Å². The molecular formula is C15H23NO3. The van der Waals surface area contributed by atoms with Crippen molar-refractivity contribution in [2.75, 3.05) is 13.7 Å². The second kappa shape index (κ2) is 6.57. The molecule has 0 saturated carbocycles. The number of hydrogen-bond acceptors (Lipinski definition) is 3. The average molecular weight is 265 g/mol. The van der Waals surface area contributed by atoms with E-state index in [1.165, 1.54) is 0 Å². The Morgan fingerprint density at radius 3 is 2.47 bits per heavy atom. The van der Waals surface area contributed by atoms with E-state index in [9.17, 15) is 9.90 Å². The molecule has 0 aromatic heterocycles. The lowest BCUT2D eigenvalue weighted by Gasteiger charge is -2.32. The van der Waals surface area contributed by atoms with Gasteiger partial charge in [-0.2, -0.15) is 0 Å². The van der Waals surface area contributed by atoms with Gasteiger partial charge in [0.2, 0.25) is 0 Å². The van der Waals surface area contributed by atoms with E-state index >= 15 is 0 Å². The average Bonchev–Trinajstić information content (AvgIpc) is 2.34. The van der Waals surface area contributed by atoms with Gasteiger partial charge >= 0.3 is 5.97 Å². The Hall–Kier alpha value is -1.55. The molecule has 4 heteroatoms. The molecule has 106 valence electrons. The Bertz CT molecular complexity index is 443. The quantitative estimate of drug-likeness (QED) is 0.859. The largest absolute Gasteiger partial charge is 0.496 e. The molecule has 1 aromatic carbocycles. The third kappa shape index (κ3) is 3.47. The normalized spacial score (nSPS) is 12.8. The fourth-order valence-corrected chi connectivity index (χ4v) is 2.37. The third-order valence-electron chi connectivity index (χ3n) is 3.27. The van der Waals surface area contributed by atoms with E-state index in [0.717, 1.165) is 5.56 Å². The first-order valence-corrected chi connectivity index (χ1v) is 6.55. The molecule has 19 heavy (non-hydrogen) atoms. The van der Waals surface area contributed by atoms with Crippen LogP contribution in [0.2, 0.25) is 0 Å². The minimum Gasteiger partial charge on any atom is -0.496 e. The molecule has 0 aliphatic rings. The van der Waals surface area contributed by atoms with Crippen LogP contribution in [0.3, 0.4) is 0 Å². The lowest BCUT2D eigenvalue weighted by Crippen LogP contribution is -2.39. The Kier molecular flexibility index (Phi) is 5.36. The number of rotatable bonds is 6. The Labute approximate surface area is 115 Å². The van der Waals surface area contributed by atoms with Gasteiger partial charge in [-0.25, -0.2) is 0 Å². The van der Waals surface area contributed by atoms with E-state index in [4.69, 9.17) is 4.74 Å². The van der Waals surface area contributed by atoms with Crippen LogP contribution in [0.4, 0.5) is 0 Å². The zero-order chi connectivity index (χ0) is 14.6. The fourth-order valence-electron chi connectivity index (χ4n) is 2.37. The minimum absolute atomic E-state index is 0.149. The number of carbonyl (C=O) groups is 1. The van der Waals surface area contributed by atoms with Gasteiger partial charge in [0.1, 0.15) is 11.8 Å². The van der Waals surface area contributed by atoms with E-state index in [2.05, 4.69) is 0 Å². The first-order chi connectivity index (χ1) is 8.92. The van der Waals surface area contributed by atoms with Gasteiger partial charge in [-0.1, -0.05) is 24.6 Å². The van der Waals surface area contributed by atoms with Crippen LogP contribution < -0.4 is 4.74 Å². The maximum absolute atomic E-state index is 11.7. The summed E-state index contributed by atoms with van der Waals surface area (Å²) < 4.78 is 5.32.